The summed E-state index contributed by atoms with van der Waals surface area (Å²) in [5.41, 5.74) is 1.56. The lowest BCUT2D eigenvalue weighted by molar-refractivity contribution is -0.137. The Morgan fingerprint density at radius 1 is 0.500 bits per heavy atom. The Bertz CT molecular complexity index is 783. The molecule has 0 bridgehead atoms. The highest BCUT2D eigenvalue weighted by atomic mass is 16.4. The molecule has 40 heavy (non-hydrogen) atoms. The maximum absolute atomic E-state index is 10.6. The van der Waals surface area contributed by atoms with Crippen molar-refractivity contribution in [1.29, 1.82) is 0 Å². The first-order valence-corrected chi connectivity index (χ1v) is 16.0. The van der Waals surface area contributed by atoms with Gasteiger partial charge in [0.15, 0.2) is 0 Å². The molecule has 0 saturated carbocycles. The highest BCUT2D eigenvalue weighted by molar-refractivity contribution is 5.80. The van der Waals surface area contributed by atoms with Crippen molar-refractivity contribution in [1.82, 2.24) is 0 Å². The van der Waals surface area contributed by atoms with E-state index in [1.807, 2.05) is 12.2 Å². The van der Waals surface area contributed by atoms with Crippen molar-refractivity contribution in [3.63, 3.8) is 0 Å². The Kier molecular flexibility index (Phi) is 28.9. The van der Waals surface area contributed by atoms with Gasteiger partial charge in [-0.05, 0) is 51.4 Å². The summed E-state index contributed by atoms with van der Waals surface area (Å²) in [6.45, 7) is 2.22. The number of hydrogen-bond acceptors (Lipinski definition) is 2. The van der Waals surface area contributed by atoms with Crippen LogP contribution >= 0.6 is 0 Å². The molecule has 0 unspecified atom stereocenters. The van der Waals surface area contributed by atoms with E-state index in [9.17, 15) is 9.59 Å². The molecule has 0 fully saturated rings. The lowest BCUT2D eigenvalue weighted by Gasteiger charge is -2.08. The predicted molar refractivity (Wildman–Crippen MR) is 172 cm³/mol. The molecular formula is C36H58O4. The van der Waals surface area contributed by atoms with Crippen LogP contribution in [0.3, 0.4) is 0 Å². The second kappa shape index (κ2) is 30.9. The molecule has 0 aromatic heterocycles. The van der Waals surface area contributed by atoms with E-state index in [-0.39, 0.29) is 0 Å². The summed E-state index contributed by atoms with van der Waals surface area (Å²) in [5, 5.41) is 17.3. The molecule has 4 nitrogen and oxygen atoms in total. The molecule has 0 aromatic rings. The fraction of sp³-hybridized carbons (Fsp3) is 0.611. The standard InChI is InChI=1S/C36H58O4/c1-2-3-4-5-15-19-24-29-34(31-26-21-18-23-28-33-36(39)40)30-25-20-16-13-11-9-7-6-8-10-12-14-17-22-27-32-35(37)38/h5,12,14-15,17,19,22,24,27,29,32H,2-4,6-11,13,16,18,20-21,23,25-26,28,30-31,33H2,1H3,(H,37,38)(H,39,40). The molecule has 0 aromatic carbocycles. The number of carboxylic acids is 2. The van der Waals surface area contributed by atoms with Crippen LogP contribution in [0.5, 0.6) is 0 Å². The summed E-state index contributed by atoms with van der Waals surface area (Å²) in [7, 11) is 0. The van der Waals surface area contributed by atoms with Crippen LogP contribution in [0.15, 0.2) is 72.4 Å². The molecule has 0 spiro atoms. The monoisotopic (exact) mass is 554 g/mol. The van der Waals surface area contributed by atoms with Gasteiger partial charge in [-0.3, -0.25) is 4.79 Å². The third kappa shape index (κ3) is 31.6. The topological polar surface area (TPSA) is 74.6 Å². The molecule has 0 aliphatic rings. The highest BCUT2D eigenvalue weighted by Gasteiger charge is 2.00. The maximum atomic E-state index is 10.6. The number of rotatable bonds is 28. The SMILES string of the molecule is CCCCC=CC=CC=C(CCCCCCCCCCCC=CC=CC=CC(=O)O)CCCCCCCC(=O)O. The van der Waals surface area contributed by atoms with E-state index in [0.717, 1.165) is 44.6 Å². The van der Waals surface area contributed by atoms with Gasteiger partial charge in [0.1, 0.15) is 0 Å². The van der Waals surface area contributed by atoms with Gasteiger partial charge in [0, 0.05) is 12.5 Å². The van der Waals surface area contributed by atoms with Crippen molar-refractivity contribution in [2.75, 3.05) is 0 Å². The number of hydrogen-bond donors (Lipinski definition) is 2. The van der Waals surface area contributed by atoms with Gasteiger partial charge in [0.25, 0.3) is 0 Å². The van der Waals surface area contributed by atoms with Crippen LogP contribution in [0.1, 0.15) is 142 Å². The lowest BCUT2D eigenvalue weighted by atomic mass is 9.99. The zero-order chi connectivity index (χ0) is 29.4. The van der Waals surface area contributed by atoms with Gasteiger partial charge in [-0.2, -0.15) is 0 Å². The summed E-state index contributed by atoms with van der Waals surface area (Å²) in [6.07, 6.45) is 46.0. The first kappa shape index (κ1) is 37.4. The Labute approximate surface area is 245 Å². The molecule has 4 heteroatoms. The predicted octanol–water partition coefficient (Wildman–Crippen LogP) is 11.1. The Morgan fingerprint density at radius 3 is 1.48 bits per heavy atom. The quantitative estimate of drug-likeness (QED) is 0.0573. The van der Waals surface area contributed by atoms with Gasteiger partial charge in [0.2, 0.25) is 0 Å². The van der Waals surface area contributed by atoms with Gasteiger partial charge in [0.05, 0.1) is 0 Å². The van der Waals surface area contributed by atoms with Crippen LogP contribution in [0, 0.1) is 0 Å². The third-order valence-corrected chi connectivity index (χ3v) is 6.88. The minimum Gasteiger partial charge on any atom is -0.481 e. The van der Waals surface area contributed by atoms with Crippen molar-refractivity contribution >= 4 is 11.9 Å². The molecule has 0 aliphatic heterocycles. The maximum Gasteiger partial charge on any atom is 0.328 e. The van der Waals surface area contributed by atoms with Crippen molar-refractivity contribution in [2.24, 2.45) is 0 Å². The summed E-state index contributed by atoms with van der Waals surface area (Å²) in [4.78, 5) is 21.0. The first-order chi connectivity index (χ1) is 19.6. The van der Waals surface area contributed by atoms with Crippen LogP contribution in [0.25, 0.3) is 0 Å². The van der Waals surface area contributed by atoms with E-state index in [1.165, 1.54) is 96.0 Å². The minimum absolute atomic E-state index is 0.301. The van der Waals surface area contributed by atoms with Crippen LogP contribution in [-0.4, -0.2) is 22.2 Å². The lowest BCUT2D eigenvalue weighted by Crippen LogP contribution is -1.93. The van der Waals surface area contributed by atoms with Crippen molar-refractivity contribution in [2.45, 2.75) is 142 Å². The summed E-state index contributed by atoms with van der Waals surface area (Å²) < 4.78 is 0. The Morgan fingerprint density at radius 2 is 0.950 bits per heavy atom. The Hall–Kier alpha value is -2.62. The minimum atomic E-state index is -0.921. The van der Waals surface area contributed by atoms with E-state index < -0.39 is 11.9 Å². The van der Waals surface area contributed by atoms with Crippen LogP contribution in [0.4, 0.5) is 0 Å². The molecule has 226 valence electrons. The second-order valence-electron chi connectivity index (χ2n) is 10.7. The van der Waals surface area contributed by atoms with Crippen LogP contribution in [0.2, 0.25) is 0 Å². The number of carboxylic acid groups (broad SMARTS) is 2. The van der Waals surface area contributed by atoms with Crippen molar-refractivity contribution in [3.8, 4) is 0 Å². The normalized spacial score (nSPS) is 12.8. The average Bonchev–Trinajstić information content (AvgIpc) is 2.92. The van der Waals surface area contributed by atoms with Gasteiger partial charge >= 0.3 is 11.9 Å². The molecule has 0 aliphatic carbocycles. The van der Waals surface area contributed by atoms with E-state index >= 15 is 0 Å². The molecule has 0 radical (unpaired) electrons. The number of unbranched alkanes of at least 4 members (excludes halogenated alkanes) is 15. The molecule has 0 heterocycles. The van der Waals surface area contributed by atoms with E-state index in [1.54, 1.807) is 11.6 Å². The molecule has 0 amide bonds. The van der Waals surface area contributed by atoms with E-state index in [4.69, 9.17) is 10.2 Å². The summed E-state index contributed by atoms with van der Waals surface area (Å²) in [6, 6.07) is 0. The number of aliphatic carboxylic acids is 2. The first-order valence-electron chi connectivity index (χ1n) is 16.0. The van der Waals surface area contributed by atoms with Gasteiger partial charge in [-0.25, -0.2) is 4.79 Å². The number of carbonyl (C=O) groups is 2. The fourth-order valence-electron chi connectivity index (χ4n) is 4.50. The summed E-state index contributed by atoms with van der Waals surface area (Å²) in [5.74, 6) is -1.60. The third-order valence-electron chi connectivity index (χ3n) is 6.88. The molecule has 0 atom stereocenters. The zero-order valence-electron chi connectivity index (χ0n) is 25.4. The van der Waals surface area contributed by atoms with Gasteiger partial charge in [-0.15, -0.1) is 0 Å². The van der Waals surface area contributed by atoms with Crippen molar-refractivity contribution in [3.05, 3.63) is 72.4 Å². The molecular weight excluding hydrogens is 496 g/mol. The van der Waals surface area contributed by atoms with Gasteiger partial charge < -0.3 is 10.2 Å². The van der Waals surface area contributed by atoms with Crippen LogP contribution in [-0.2, 0) is 9.59 Å². The largest absolute Gasteiger partial charge is 0.481 e. The molecule has 0 rings (SSSR count). The zero-order valence-corrected chi connectivity index (χ0v) is 25.4. The smallest absolute Gasteiger partial charge is 0.328 e. The van der Waals surface area contributed by atoms with E-state index in [0.29, 0.717) is 6.42 Å². The van der Waals surface area contributed by atoms with Crippen LogP contribution < -0.4 is 0 Å². The number of allylic oxidation sites excluding steroid dienone is 11. The fourth-order valence-corrected chi connectivity index (χ4v) is 4.50. The average molecular weight is 555 g/mol. The van der Waals surface area contributed by atoms with Crippen molar-refractivity contribution < 1.29 is 19.8 Å². The second-order valence-corrected chi connectivity index (χ2v) is 10.7. The van der Waals surface area contributed by atoms with Gasteiger partial charge in [-0.1, -0.05) is 150 Å². The molecule has 0 saturated heterocycles. The summed E-state index contributed by atoms with van der Waals surface area (Å²) >= 11 is 0. The van der Waals surface area contributed by atoms with E-state index in [2.05, 4.69) is 43.4 Å². The molecule has 2 N–H and O–H groups in total. The highest BCUT2D eigenvalue weighted by Crippen LogP contribution is 2.19. The Balaban J connectivity index is 4.00.